The van der Waals surface area contributed by atoms with Crippen LogP contribution in [0.5, 0.6) is 17.2 Å². The lowest BCUT2D eigenvalue weighted by atomic mass is 9.95. The molecule has 0 unspecified atom stereocenters. The minimum atomic E-state index is -0.557. The maximum absolute atomic E-state index is 14.0. The van der Waals surface area contributed by atoms with E-state index in [4.69, 9.17) is 19.3 Å². The third-order valence-corrected chi connectivity index (χ3v) is 5.62. The van der Waals surface area contributed by atoms with Crippen molar-refractivity contribution < 1.29 is 18.6 Å². The number of rotatable bonds is 5. The van der Waals surface area contributed by atoms with Gasteiger partial charge in [-0.25, -0.2) is 9.40 Å². The number of halogens is 1. The lowest BCUT2D eigenvalue weighted by Crippen LogP contribution is -2.34. The molecule has 0 saturated carbocycles. The second-order valence-corrected chi connectivity index (χ2v) is 7.51. The number of ether oxygens (including phenoxy) is 3. The average Bonchev–Trinajstić information content (AvgIpc) is 3.25. The zero-order valence-electron chi connectivity index (χ0n) is 17.4. The molecule has 2 atom stereocenters. The molecule has 0 bridgehead atoms. The van der Waals surface area contributed by atoms with Crippen LogP contribution in [-0.4, -0.2) is 24.4 Å². The Balaban J connectivity index is 1.61. The maximum atomic E-state index is 14.0. The Hall–Kier alpha value is -3.54. The molecule has 0 aliphatic carbocycles. The first-order valence-corrected chi connectivity index (χ1v) is 10.4. The van der Waals surface area contributed by atoms with E-state index in [-0.39, 0.29) is 11.9 Å². The highest BCUT2D eigenvalue weighted by molar-refractivity contribution is 6.02. The first-order chi connectivity index (χ1) is 15.2. The summed E-state index contributed by atoms with van der Waals surface area (Å²) in [5.74, 6) is 1.86. The molecule has 0 amide bonds. The van der Waals surface area contributed by atoms with Crippen LogP contribution in [0.4, 0.5) is 4.39 Å². The fraction of sp³-hybridized carbons (Fsp3) is 0.240. The standard InChI is InChI=1S/C25H23FN2O3/c1-3-30-23-12-6-11-20-22-15-21(16-7-5-10-19(14-16)29-2)27-28(22)25(31-24(20)23)17-8-4-9-18(26)13-17/h4-14,22,25H,3,15H2,1-2H3/t22-,25+/m0/s1. The molecule has 6 heteroatoms. The second kappa shape index (κ2) is 7.95. The summed E-state index contributed by atoms with van der Waals surface area (Å²) in [5, 5.41) is 6.86. The molecule has 2 heterocycles. The van der Waals surface area contributed by atoms with Gasteiger partial charge in [0.1, 0.15) is 11.6 Å². The van der Waals surface area contributed by atoms with Crippen molar-refractivity contribution in [2.24, 2.45) is 5.10 Å². The molecule has 3 aromatic carbocycles. The second-order valence-electron chi connectivity index (χ2n) is 7.51. The number of para-hydroxylation sites is 1. The van der Waals surface area contributed by atoms with Gasteiger partial charge < -0.3 is 14.2 Å². The Morgan fingerprint density at radius 3 is 2.74 bits per heavy atom. The third kappa shape index (κ3) is 3.48. The van der Waals surface area contributed by atoms with Gasteiger partial charge in [-0.15, -0.1) is 0 Å². The Bertz CT molecular complexity index is 1150. The summed E-state index contributed by atoms with van der Waals surface area (Å²) >= 11 is 0. The van der Waals surface area contributed by atoms with E-state index in [0.717, 1.165) is 22.6 Å². The van der Waals surface area contributed by atoms with Gasteiger partial charge in [0.25, 0.3) is 0 Å². The highest BCUT2D eigenvalue weighted by Crippen LogP contribution is 2.50. The van der Waals surface area contributed by atoms with E-state index < -0.39 is 6.23 Å². The van der Waals surface area contributed by atoms with Crippen LogP contribution in [-0.2, 0) is 0 Å². The van der Waals surface area contributed by atoms with Crippen LogP contribution in [0.3, 0.4) is 0 Å². The van der Waals surface area contributed by atoms with Crippen LogP contribution >= 0.6 is 0 Å². The zero-order valence-corrected chi connectivity index (χ0v) is 17.4. The Labute approximate surface area is 180 Å². The molecule has 0 fully saturated rings. The van der Waals surface area contributed by atoms with E-state index in [1.165, 1.54) is 12.1 Å². The van der Waals surface area contributed by atoms with Gasteiger partial charge in [-0.2, -0.15) is 5.10 Å². The van der Waals surface area contributed by atoms with Gasteiger partial charge in [-0.1, -0.05) is 36.4 Å². The predicted molar refractivity (Wildman–Crippen MR) is 116 cm³/mol. The van der Waals surface area contributed by atoms with Gasteiger partial charge in [0.15, 0.2) is 11.5 Å². The normalized spacial score (nSPS) is 19.2. The van der Waals surface area contributed by atoms with Crippen molar-refractivity contribution in [3.05, 3.63) is 89.2 Å². The van der Waals surface area contributed by atoms with Gasteiger partial charge in [0.2, 0.25) is 6.23 Å². The summed E-state index contributed by atoms with van der Waals surface area (Å²) in [4.78, 5) is 0. The zero-order chi connectivity index (χ0) is 21.4. The molecule has 2 aliphatic rings. The molecule has 5 rings (SSSR count). The van der Waals surface area contributed by atoms with Crippen LogP contribution in [0.2, 0.25) is 0 Å². The summed E-state index contributed by atoms with van der Waals surface area (Å²) in [7, 11) is 1.65. The predicted octanol–water partition coefficient (Wildman–Crippen LogP) is 5.48. The lowest BCUT2D eigenvalue weighted by Gasteiger charge is -2.38. The Kier molecular flexibility index (Phi) is 4.98. The average molecular weight is 418 g/mol. The van der Waals surface area contributed by atoms with Crippen LogP contribution in [0, 0.1) is 5.82 Å². The minimum Gasteiger partial charge on any atom is -0.497 e. The molecule has 3 aromatic rings. The summed E-state index contributed by atoms with van der Waals surface area (Å²) < 4.78 is 31.7. The lowest BCUT2D eigenvalue weighted by molar-refractivity contribution is -0.0214. The fourth-order valence-electron chi connectivity index (χ4n) is 4.21. The van der Waals surface area contributed by atoms with E-state index in [2.05, 4.69) is 0 Å². The molecule has 0 N–H and O–H groups in total. The quantitative estimate of drug-likeness (QED) is 0.551. The van der Waals surface area contributed by atoms with Gasteiger partial charge in [-0.05, 0) is 37.3 Å². The van der Waals surface area contributed by atoms with Crippen molar-refractivity contribution in [1.29, 1.82) is 0 Å². The van der Waals surface area contributed by atoms with E-state index >= 15 is 0 Å². The number of benzene rings is 3. The first-order valence-electron chi connectivity index (χ1n) is 10.4. The minimum absolute atomic E-state index is 0.0429. The highest BCUT2D eigenvalue weighted by Gasteiger charge is 2.42. The van der Waals surface area contributed by atoms with Gasteiger partial charge in [0, 0.05) is 23.1 Å². The number of nitrogens with zero attached hydrogens (tertiary/aromatic N) is 2. The van der Waals surface area contributed by atoms with Crippen LogP contribution in [0.1, 0.15) is 42.3 Å². The van der Waals surface area contributed by atoms with E-state index in [1.54, 1.807) is 13.2 Å². The summed E-state index contributed by atoms with van der Waals surface area (Å²) in [6, 6.07) is 20.2. The van der Waals surface area contributed by atoms with Crippen LogP contribution < -0.4 is 14.2 Å². The van der Waals surface area contributed by atoms with Gasteiger partial charge in [-0.3, -0.25) is 0 Å². The molecule has 5 nitrogen and oxygen atoms in total. The monoisotopic (exact) mass is 418 g/mol. The van der Waals surface area contributed by atoms with Crippen molar-refractivity contribution >= 4 is 5.71 Å². The molecular formula is C25H23FN2O3. The molecule has 0 saturated heterocycles. The van der Waals surface area contributed by atoms with Crippen LogP contribution in [0.15, 0.2) is 71.8 Å². The molecule has 31 heavy (non-hydrogen) atoms. The van der Waals surface area contributed by atoms with Crippen molar-refractivity contribution in [2.45, 2.75) is 25.6 Å². The number of hydrogen-bond donors (Lipinski definition) is 0. The molecular weight excluding hydrogens is 395 g/mol. The van der Waals surface area contributed by atoms with Crippen molar-refractivity contribution in [1.82, 2.24) is 5.01 Å². The summed E-state index contributed by atoms with van der Waals surface area (Å²) in [6.07, 6.45) is 0.142. The molecule has 158 valence electrons. The first kappa shape index (κ1) is 19.4. The van der Waals surface area contributed by atoms with Crippen molar-refractivity contribution in [3.8, 4) is 17.2 Å². The molecule has 0 radical (unpaired) electrons. The highest BCUT2D eigenvalue weighted by atomic mass is 19.1. The van der Waals surface area contributed by atoms with E-state index in [0.29, 0.717) is 30.1 Å². The number of hydrogen-bond acceptors (Lipinski definition) is 5. The molecule has 0 aromatic heterocycles. The fourth-order valence-corrected chi connectivity index (χ4v) is 4.21. The largest absolute Gasteiger partial charge is 0.497 e. The Morgan fingerprint density at radius 1 is 1.10 bits per heavy atom. The van der Waals surface area contributed by atoms with Crippen molar-refractivity contribution in [3.63, 3.8) is 0 Å². The maximum Gasteiger partial charge on any atom is 0.214 e. The molecule has 2 aliphatic heterocycles. The van der Waals surface area contributed by atoms with Gasteiger partial charge >= 0.3 is 0 Å². The topological polar surface area (TPSA) is 43.3 Å². The number of fused-ring (bicyclic) bond motifs is 3. The Morgan fingerprint density at radius 2 is 1.94 bits per heavy atom. The third-order valence-electron chi connectivity index (χ3n) is 5.62. The summed E-state index contributed by atoms with van der Waals surface area (Å²) in [6.45, 7) is 2.47. The number of hydrazone groups is 1. The SMILES string of the molecule is CCOc1cccc2c1O[C@H](c1cccc(F)c1)N1N=C(c3cccc(OC)c3)C[C@@H]21. The van der Waals surface area contributed by atoms with Crippen LogP contribution in [0.25, 0.3) is 0 Å². The van der Waals surface area contributed by atoms with E-state index in [1.807, 2.05) is 60.5 Å². The van der Waals surface area contributed by atoms with Crippen molar-refractivity contribution in [2.75, 3.05) is 13.7 Å². The number of methoxy groups -OCH3 is 1. The van der Waals surface area contributed by atoms with E-state index in [9.17, 15) is 4.39 Å². The summed E-state index contributed by atoms with van der Waals surface area (Å²) in [5.41, 5.74) is 3.65. The molecule has 0 spiro atoms. The smallest absolute Gasteiger partial charge is 0.214 e. The van der Waals surface area contributed by atoms with Gasteiger partial charge in [0.05, 0.1) is 25.5 Å².